The van der Waals surface area contributed by atoms with Crippen LogP contribution in [0, 0.1) is 5.41 Å². The third-order valence-electron chi connectivity index (χ3n) is 7.78. The Morgan fingerprint density at radius 2 is 1.34 bits per heavy atom. The van der Waals surface area contributed by atoms with E-state index in [1.807, 2.05) is 25.7 Å². The highest BCUT2D eigenvalue weighted by Crippen LogP contribution is 2.44. The summed E-state index contributed by atoms with van der Waals surface area (Å²) in [6.45, 7) is 8.24. The Hall–Kier alpha value is -0.820. The third kappa shape index (κ3) is 6.85. The minimum Gasteiger partial charge on any atom is -0.444 e. The molecular weight excluding hydrogens is 424 g/mol. The van der Waals surface area contributed by atoms with Gasteiger partial charge in [-0.15, -0.1) is 0 Å². The number of hydrogen-bond acceptors (Lipinski definition) is 4. The van der Waals surface area contributed by atoms with Gasteiger partial charge in [-0.25, -0.2) is 17.5 Å². The van der Waals surface area contributed by atoms with Crippen molar-refractivity contribution in [2.45, 2.75) is 123 Å². The number of likely N-dealkylation sites (tertiary alicyclic amines) is 1. The minimum absolute atomic E-state index is 0. The number of amides is 1. The van der Waals surface area contributed by atoms with Crippen molar-refractivity contribution in [1.29, 1.82) is 0 Å². The monoisotopic (exact) mass is 472 g/mol. The fourth-order valence-electron chi connectivity index (χ4n) is 6.14. The zero-order valence-corrected chi connectivity index (χ0v) is 21.1. The maximum atomic E-state index is 12.3. The number of nitrogens with zero attached hydrogens (tertiary/aromatic N) is 2. The lowest BCUT2D eigenvalue weighted by Gasteiger charge is -2.45. The van der Waals surface area contributed by atoms with Crippen molar-refractivity contribution in [3.05, 3.63) is 0 Å². The Morgan fingerprint density at radius 3 is 1.84 bits per heavy atom. The maximum absolute atomic E-state index is 12.3. The normalized spacial score (nSPS) is 25.2. The summed E-state index contributed by atoms with van der Waals surface area (Å²) in [5.74, 6) is 0. The van der Waals surface area contributed by atoms with Crippen molar-refractivity contribution >= 4 is 16.1 Å². The standard InChI is InChI=1S/C14H25NO2.C10H19NO2S.CH4/c1-13(2,3)17-12(16)15-11-7-6-10-14(15)8-4-5-9-14;1-14(12,13)11-8-7-10(9-11)5-3-2-4-6-10;/h4-11H2,1-3H3;2-9H2,1H3;1H4. The molecule has 0 aromatic carbocycles. The maximum Gasteiger partial charge on any atom is 0.410 e. The van der Waals surface area contributed by atoms with Crippen LogP contribution in [0.25, 0.3) is 0 Å². The van der Waals surface area contributed by atoms with Crippen molar-refractivity contribution in [2.24, 2.45) is 5.41 Å². The molecule has 7 heteroatoms. The van der Waals surface area contributed by atoms with Crippen molar-refractivity contribution in [3.8, 4) is 0 Å². The highest BCUT2D eigenvalue weighted by atomic mass is 32.2. The molecule has 2 aliphatic carbocycles. The van der Waals surface area contributed by atoms with E-state index in [-0.39, 0.29) is 24.7 Å². The van der Waals surface area contributed by atoms with Gasteiger partial charge in [0.25, 0.3) is 0 Å². The first kappa shape index (κ1) is 27.4. The molecule has 2 saturated carbocycles. The average molecular weight is 473 g/mol. The largest absolute Gasteiger partial charge is 0.444 e. The van der Waals surface area contributed by atoms with Gasteiger partial charge >= 0.3 is 6.09 Å². The van der Waals surface area contributed by atoms with E-state index >= 15 is 0 Å². The highest BCUT2D eigenvalue weighted by molar-refractivity contribution is 7.88. The molecule has 0 bridgehead atoms. The van der Waals surface area contributed by atoms with Crippen LogP contribution in [0.5, 0.6) is 0 Å². The first-order chi connectivity index (χ1) is 14.4. The van der Waals surface area contributed by atoms with Crippen molar-refractivity contribution in [3.63, 3.8) is 0 Å². The molecule has 0 aromatic rings. The van der Waals surface area contributed by atoms with Crippen LogP contribution in [0.15, 0.2) is 0 Å². The SMILES string of the molecule is C.CC(C)(C)OC(=O)N1CCCCC12CCCC2.CS(=O)(=O)N1CCC2(CCCCC2)C1. The molecule has 1 amide bonds. The molecule has 6 nitrogen and oxygen atoms in total. The molecule has 2 heterocycles. The van der Waals surface area contributed by atoms with E-state index in [1.165, 1.54) is 76.9 Å². The van der Waals surface area contributed by atoms with Crippen LogP contribution in [-0.4, -0.2) is 60.7 Å². The Labute approximate surface area is 197 Å². The molecule has 32 heavy (non-hydrogen) atoms. The van der Waals surface area contributed by atoms with Crippen LogP contribution in [0.1, 0.15) is 112 Å². The van der Waals surface area contributed by atoms with E-state index in [9.17, 15) is 13.2 Å². The van der Waals surface area contributed by atoms with Gasteiger partial charge in [0.1, 0.15) is 5.60 Å². The quantitative estimate of drug-likeness (QED) is 0.472. The van der Waals surface area contributed by atoms with Gasteiger partial charge in [0.2, 0.25) is 10.0 Å². The molecule has 188 valence electrons. The predicted octanol–water partition coefficient (Wildman–Crippen LogP) is 5.96. The number of ether oxygens (including phenoxy) is 1. The van der Waals surface area contributed by atoms with Crippen molar-refractivity contribution in [1.82, 2.24) is 9.21 Å². The van der Waals surface area contributed by atoms with Gasteiger partial charge < -0.3 is 9.64 Å². The van der Waals surface area contributed by atoms with Gasteiger partial charge in [-0.2, -0.15) is 0 Å². The molecule has 0 N–H and O–H groups in total. The van der Waals surface area contributed by atoms with Gasteiger partial charge in [-0.3, -0.25) is 0 Å². The summed E-state index contributed by atoms with van der Waals surface area (Å²) in [4.78, 5) is 14.3. The first-order valence-electron chi connectivity index (χ1n) is 12.4. The molecule has 4 rings (SSSR count). The van der Waals surface area contributed by atoms with Crippen LogP contribution in [0.4, 0.5) is 4.79 Å². The van der Waals surface area contributed by atoms with E-state index < -0.39 is 10.0 Å². The lowest BCUT2D eigenvalue weighted by molar-refractivity contribution is -0.0142. The molecule has 0 aromatic heterocycles. The molecule has 2 spiro atoms. The van der Waals surface area contributed by atoms with E-state index in [1.54, 1.807) is 4.31 Å². The number of rotatable bonds is 1. The van der Waals surface area contributed by atoms with Gasteiger partial charge in [0, 0.05) is 25.2 Å². The first-order valence-corrected chi connectivity index (χ1v) is 14.3. The fraction of sp³-hybridized carbons (Fsp3) is 0.960. The second-order valence-electron chi connectivity index (χ2n) is 11.4. The van der Waals surface area contributed by atoms with Gasteiger partial charge in [-0.05, 0) is 77.6 Å². The zero-order valence-electron chi connectivity index (χ0n) is 20.2. The summed E-state index contributed by atoms with van der Waals surface area (Å²) in [5.41, 5.74) is 0.107. The second kappa shape index (κ2) is 10.6. The predicted molar refractivity (Wildman–Crippen MR) is 131 cm³/mol. The second-order valence-corrected chi connectivity index (χ2v) is 13.4. The lowest BCUT2D eigenvalue weighted by atomic mass is 9.74. The molecule has 0 radical (unpaired) electrons. The summed E-state index contributed by atoms with van der Waals surface area (Å²) in [6.07, 6.45) is 17.1. The lowest BCUT2D eigenvalue weighted by Crippen LogP contribution is -2.54. The van der Waals surface area contributed by atoms with Crippen molar-refractivity contribution < 1.29 is 17.9 Å². The molecule has 4 fully saturated rings. The van der Waals surface area contributed by atoms with Crippen LogP contribution in [0.3, 0.4) is 0 Å². The highest BCUT2D eigenvalue weighted by Gasteiger charge is 2.45. The van der Waals surface area contributed by atoms with Crippen LogP contribution in [-0.2, 0) is 14.8 Å². The number of piperidine rings is 1. The number of carbonyl (C=O) groups excluding carboxylic acids is 1. The summed E-state index contributed by atoms with van der Waals surface area (Å²) < 4.78 is 30.0. The summed E-state index contributed by atoms with van der Waals surface area (Å²) >= 11 is 0. The topological polar surface area (TPSA) is 66.9 Å². The zero-order chi connectivity index (χ0) is 22.8. The van der Waals surface area contributed by atoms with E-state index in [4.69, 9.17) is 4.74 Å². The molecule has 4 aliphatic rings. The summed E-state index contributed by atoms with van der Waals surface area (Å²) in [5, 5.41) is 0. The van der Waals surface area contributed by atoms with Crippen LogP contribution < -0.4 is 0 Å². The summed E-state index contributed by atoms with van der Waals surface area (Å²) in [7, 11) is -2.94. The Balaban J connectivity index is 0.000000224. The minimum atomic E-state index is -2.94. The van der Waals surface area contributed by atoms with E-state index in [0.29, 0.717) is 5.41 Å². The third-order valence-corrected chi connectivity index (χ3v) is 9.03. The Morgan fingerprint density at radius 1 is 0.812 bits per heavy atom. The van der Waals surface area contributed by atoms with Crippen molar-refractivity contribution in [2.75, 3.05) is 25.9 Å². The van der Waals surface area contributed by atoms with Gasteiger partial charge in [0.05, 0.1) is 6.26 Å². The smallest absolute Gasteiger partial charge is 0.410 e. The fourth-order valence-corrected chi connectivity index (χ4v) is 7.07. The molecule has 2 saturated heterocycles. The van der Waals surface area contributed by atoms with Crippen LogP contribution >= 0.6 is 0 Å². The summed E-state index contributed by atoms with van der Waals surface area (Å²) in [6, 6.07) is 0. The van der Waals surface area contributed by atoms with Gasteiger partial charge in [-0.1, -0.05) is 39.5 Å². The number of sulfonamides is 1. The molecule has 0 unspecified atom stereocenters. The van der Waals surface area contributed by atoms with E-state index in [2.05, 4.69) is 0 Å². The average Bonchev–Trinajstić information content (AvgIpc) is 3.30. The van der Waals surface area contributed by atoms with E-state index in [0.717, 1.165) is 32.5 Å². The Bertz CT molecular complexity index is 717. The molecule has 2 aliphatic heterocycles. The number of hydrogen-bond donors (Lipinski definition) is 0. The number of carbonyl (C=O) groups is 1. The molecule has 0 atom stereocenters. The van der Waals surface area contributed by atoms with Gasteiger partial charge in [0.15, 0.2) is 0 Å². The molecular formula is C25H48N2O4S. The Kier molecular flexibility index (Phi) is 9.11. The van der Waals surface area contributed by atoms with Crippen LogP contribution in [0.2, 0.25) is 0 Å².